The third-order valence-electron chi connectivity index (χ3n) is 2.09. The van der Waals surface area contributed by atoms with Crippen LogP contribution in [0.5, 0.6) is 5.75 Å². The average Bonchev–Trinajstić information content (AvgIpc) is 2.27. The minimum Gasteiger partial charge on any atom is -0.448 e. The topological polar surface area (TPSA) is 107 Å². The largest absolute Gasteiger partial charge is 0.448 e. The van der Waals surface area contributed by atoms with Gasteiger partial charge in [0.2, 0.25) is 11.7 Å². The van der Waals surface area contributed by atoms with E-state index in [2.05, 4.69) is 5.32 Å². The lowest BCUT2D eigenvalue weighted by Crippen LogP contribution is -2.22. The molecule has 1 aliphatic heterocycles. The Morgan fingerprint density at radius 3 is 2.56 bits per heavy atom. The van der Waals surface area contributed by atoms with Crippen molar-refractivity contribution in [2.75, 3.05) is 5.32 Å². The Hall–Kier alpha value is -2.50. The van der Waals surface area contributed by atoms with Crippen LogP contribution in [0.3, 0.4) is 0 Å². The molecule has 2 rings (SSSR count). The van der Waals surface area contributed by atoms with Gasteiger partial charge in [0.1, 0.15) is 0 Å². The second-order valence-electron chi connectivity index (χ2n) is 3.19. The molecule has 82 valence electrons. The van der Waals surface area contributed by atoms with Crippen molar-refractivity contribution in [3.8, 4) is 5.75 Å². The molecule has 16 heavy (non-hydrogen) atoms. The zero-order valence-corrected chi connectivity index (χ0v) is 8.19. The van der Waals surface area contributed by atoms with Gasteiger partial charge in [0, 0.05) is 5.56 Å². The van der Waals surface area contributed by atoms with Crippen molar-refractivity contribution >= 4 is 17.5 Å². The first-order chi connectivity index (χ1) is 7.58. The number of benzene rings is 1. The predicted molar refractivity (Wildman–Crippen MR) is 56.5 cm³/mol. The minimum atomic E-state index is -0.669. The summed E-state index contributed by atoms with van der Waals surface area (Å²) < 4.78 is 5.20. The van der Waals surface area contributed by atoms with E-state index in [1.54, 1.807) is 6.07 Å². The number of hydrogen-bond donors (Lipinski definition) is 3. The number of ether oxygens (including phenoxy) is 1. The van der Waals surface area contributed by atoms with Crippen LogP contribution >= 0.6 is 0 Å². The van der Waals surface area contributed by atoms with Crippen LogP contribution in [0.15, 0.2) is 30.2 Å². The highest BCUT2D eigenvalue weighted by atomic mass is 16.5. The van der Waals surface area contributed by atoms with Gasteiger partial charge < -0.3 is 21.5 Å². The van der Waals surface area contributed by atoms with Gasteiger partial charge >= 0.3 is 0 Å². The van der Waals surface area contributed by atoms with E-state index in [0.717, 1.165) is 0 Å². The summed E-state index contributed by atoms with van der Waals surface area (Å²) in [5.41, 5.74) is 11.1. The SMILES string of the molecule is NC(=O)C1=CNc2cc(C(N)=O)ccc2O1. The Balaban J connectivity index is 2.34. The number of anilines is 1. The molecule has 6 heteroatoms. The molecule has 6 nitrogen and oxygen atoms in total. The van der Waals surface area contributed by atoms with Crippen molar-refractivity contribution < 1.29 is 14.3 Å². The summed E-state index contributed by atoms with van der Waals surface area (Å²) in [6.45, 7) is 0. The Kier molecular flexibility index (Phi) is 2.24. The standard InChI is InChI=1S/C10H9N3O3/c11-9(14)5-1-2-7-6(3-5)13-4-8(16-7)10(12)15/h1-4,13H,(H2,11,14)(H2,12,15). The third kappa shape index (κ3) is 1.68. The molecular weight excluding hydrogens is 210 g/mol. The van der Waals surface area contributed by atoms with E-state index in [1.807, 2.05) is 0 Å². The maximum atomic E-state index is 10.9. The van der Waals surface area contributed by atoms with E-state index >= 15 is 0 Å². The van der Waals surface area contributed by atoms with Crippen LogP contribution < -0.4 is 21.5 Å². The summed E-state index contributed by atoms with van der Waals surface area (Å²) in [5, 5.41) is 2.79. The second kappa shape index (κ2) is 3.58. The molecule has 1 aliphatic rings. The van der Waals surface area contributed by atoms with Crippen LogP contribution in [0.1, 0.15) is 10.4 Å². The molecular formula is C10H9N3O3. The van der Waals surface area contributed by atoms with E-state index in [1.165, 1.54) is 18.3 Å². The highest BCUT2D eigenvalue weighted by Gasteiger charge is 2.17. The Morgan fingerprint density at radius 2 is 1.94 bits per heavy atom. The minimum absolute atomic E-state index is 0.0133. The van der Waals surface area contributed by atoms with E-state index < -0.39 is 11.8 Å². The number of amides is 2. The van der Waals surface area contributed by atoms with Gasteiger partial charge in [0.05, 0.1) is 11.9 Å². The van der Waals surface area contributed by atoms with Crippen LogP contribution in [0.2, 0.25) is 0 Å². The highest BCUT2D eigenvalue weighted by Crippen LogP contribution is 2.30. The molecule has 0 aromatic heterocycles. The zero-order valence-electron chi connectivity index (χ0n) is 8.19. The smallest absolute Gasteiger partial charge is 0.285 e. The first-order valence-corrected chi connectivity index (χ1v) is 4.46. The number of carbonyl (C=O) groups is 2. The molecule has 1 aromatic rings. The predicted octanol–water partition coefficient (Wildman–Crippen LogP) is -0.0835. The first-order valence-electron chi connectivity index (χ1n) is 4.46. The molecule has 1 aromatic carbocycles. The van der Waals surface area contributed by atoms with Crippen LogP contribution in [0, 0.1) is 0 Å². The molecule has 0 fully saturated rings. The van der Waals surface area contributed by atoms with Gasteiger partial charge in [-0.05, 0) is 18.2 Å². The highest BCUT2D eigenvalue weighted by molar-refractivity contribution is 5.95. The Morgan fingerprint density at radius 1 is 1.19 bits per heavy atom. The fourth-order valence-electron chi connectivity index (χ4n) is 1.30. The summed E-state index contributed by atoms with van der Waals surface area (Å²) in [7, 11) is 0. The van der Waals surface area contributed by atoms with Crippen molar-refractivity contribution in [3.63, 3.8) is 0 Å². The Labute approximate surface area is 90.9 Å². The van der Waals surface area contributed by atoms with Crippen molar-refractivity contribution in [2.24, 2.45) is 11.5 Å². The Bertz CT molecular complexity index is 508. The fourth-order valence-corrected chi connectivity index (χ4v) is 1.30. The van der Waals surface area contributed by atoms with E-state index in [9.17, 15) is 9.59 Å². The molecule has 0 saturated carbocycles. The maximum Gasteiger partial charge on any atom is 0.285 e. The second-order valence-corrected chi connectivity index (χ2v) is 3.19. The number of hydrogen-bond acceptors (Lipinski definition) is 4. The summed E-state index contributed by atoms with van der Waals surface area (Å²) in [4.78, 5) is 21.8. The van der Waals surface area contributed by atoms with Gasteiger partial charge in [-0.25, -0.2) is 0 Å². The van der Waals surface area contributed by atoms with Crippen LogP contribution in [0.25, 0.3) is 0 Å². The zero-order chi connectivity index (χ0) is 11.7. The summed E-state index contributed by atoms with van der Waals surface area (Å²) in [6, 6.07) is 4.58. The molecule has 0 bridgehead atoms. The molecule has 2 amide bonds. The van der Waals surface area contributed by atoms with E-state index in [-0.39, 0.29) is 5.76 Å². The van der Waals surface area contributed by atoms with Gasteiger partial charge in [0.25, 0.3) is 5.91 Å². The lowest BCUT2D eigenvalue weighted by atomic mass is 10.1. The fraction of sp³-hybridized carbons (Fsp3) is 0. The van der Waals surface area contributed by atoms with Gasteiger partial charge in [-0.3, -0.25) is 9.59 Å². The average molecular weight is 219 g/mol. The van der Waals surface area contributed by atoms with Crippen LogP contribution in [-0.2, 0) is 4.79 Å². The number of rotatable bonds is 2. The number of nitrogens with two attached hydrogens (primary N) is 2. The lowest BCUT2D eigenvalue weighted by molar-refractivity contribution is -0.116. The van der Waals surface area contributed by atoms with E-state index in [4.69, 9.17) is 16.2 Å². The van der Waals surface area contributed by atoms with Crippen molar-refractivity contribution in [2.45, 2.75) is 0 Å². The summed E-state index contributed by atoms with van der Waals surface area (Å²) in [5.74, 6) is -0.771. The van der Waals surface area contributed by atoms with Crippen molar-refractivity contribution in [3.05, 3.63) is 35.7 Å². The van der Waals surface area contributed by atoms with Gasteiger partial charge in [-0.2, -0.15) is 0 Å². The molecule has 0 radical (unpaired) electrons. The molecule has 0 unspecified atom stereocenters. The third-order valence-corrected chi connectivity index (χ3v) is 2.09. The summed E-state index contributed by atoms with van der Waals surface area (Å²) >= 11 is 0. The van der Waals surface area contributed by atoms with Crippen LogP contribution in [-0.4, -0.2) is 11.8 Å². The van der Waals surface area contributed by atoms with Gasteiger partial charge in [-0.1, -0.05) is 0 Å². The molecule has 0 atom stereocenters. The first kappa shape index (κ1) is 10.0. The van der Waals surface area contributed by atoms with Gasteiger partial charge in [-0.15, -0.1) is 0 Å². The number of carbonyl (C=O) groups excluding carboxylic acids is 2. The number of fused-ring (bicyclic) bond motifs is 1. The normalized spacial score (nSPS) is 12.9. The lowest BCUT2D eigenvalue weighted by Gasteiger charge is -2.17. The maximum absolute atomic E-state index is 10.9. The van der Waals surface area contributed by atoms with E-state index in [0.29, 0.717) is 17.0 Å². The molecule has 5 N–H and O–H groups in total. The summed E-state index contributed by atoms with van der Waals surface area (Å²) in [6.07, 6.45) is 1.33. The van der Waals surface area contributed by atoms with Crippen molar-refractivity contribution in [1.82, 2.24) is 0 Å². The van der Waals surface area contributed by atoms with Crippen molar-refractivity contribution in [1.29, 1.82) is 0 Å². The number of primary amides is 2. The number of nitrogens with one attached hydrogen (secondary N) is 1. The molecule has 0 saturated heterocycles. The van der Waals surface area contributed by atoms with Gasteiger partial charge in [0.15, 0.2) is 5.75 Å². The van der Waals surface area contributed by atoms with Crippen LogP contribution in [0.4, 0.5) is 5.69 Å². The molecule has 1 heterocycles. The molecule has 0 spiro atoms. The monoisotopic (exact) mass is 219 g/mol. The molecule has 0 aliphatic carbocycles. The quantitative estimate of drug-likeness (QED) is 0.646.